The topological polar surface area (TPSA) is 52.0 Å². The second kappa shape index (κ2) is 5.65. The van der Waals surface area contributed by atoms with Crippen LogP contribution in [0.4, 0.5) is 10.3 Å². The van der Waals surface area contributed by atoms with Crippen LogP contribution in [0.5, 0.6) is 0 Å². The molecule has 0 unspecified atom stereocenters. The number of aromatic nitrogens is 1. The second-order valence-corrected chi connectivity index (χ2v) is 5.50. The van der Waals surface area contributed by atoms with Gasteiger partial charge in [0, 0.05) is 5.92 Å². The fourth-order valence-corrected chi connectivity index (χ4v) is 3.05. The van der Waals surface area contributed by atoms with E-state index in [1.807, 2.05) is 0 Å². The van der Waals surface area contributed by atoms with E-state index in [-0.39, 0.29) is 5.82 Å². The third kappa shape index (κ3) is 2.55. The fourth-order valence-electron chi connectivity index (χ4n) is 3.05. The molecule has 1 aromatic heterocycles. The van der Waals surface area contributed by atoms with Gasteiger partial charge < -0.3 is 10.3 Å². The summed E-state index contributed by atoms with van der Waals surface area (Å²) in [6.45, 7) is 0. The number of hydrogen-bond donors (Lipinski definition) is 1. The van der Waals surface area contributed by atoms with Gasteiger partial charge in [-0.1, -0.05) is 43.0 Å². The molecule has 0 radical (unpaired) electrons. The van der Waals surface area contributed by atoms with E-state index in [4.69, 9.17) is 10.3 Å². The lowest BCUT2D eigenvalue weighted by molar-refractivity contribution is 0.413. The van der Waals surface area contributed by atoms with Crippen LogP contribution in [0.2, 0.25) is 0 Å². The van der Waals surface area contributed by atoms with E-state index in [1.54, 1.807) is 12.1 Å². The molecule has 1 aromatic carbocycles. The summed E-state index contributed by atoms with van der Waals surface area (Å²) in [4.78, 5) is 0. The van der Waals surface area contributed by atoms with Crippen molar-refractivity contribution in [3.63, 3.8) is 0 Å². The highest BCUT2D eigenvalue weighted by Crippen LogP contribution is 2.39. The summed E-state index contributed by atoms with van der Waals surface area (Å²) in [5, 5.41) is 4.19. The maximum Gasteiger partial charge on any atom is 0.230 e. The third-order valence-electron chi connectivity index (χ3n) is 4.12. The Morgan fingerprint density at radius 1 is 1.05 bits per heavy atom. The Hall–Kier alpha value is -1.84. The summed E-state index contributed by atoms with van der Waals surface area (Å²) in [5.41, 5.74) is 8.60. The van der Waals surface area contributed by atoms with Crippen molar-refractivity contribution in [2.75, 3.05) is 5.73 Å². The van der Waals surface area contributed by atoms with Crippen LogP contribution in [-0.4, -0.2) is 5.16 Å². The Bertz CT molecular complexity index is 569. The molecule has 2 aromatic rings. The molecule has 1 saturated carbocycles. The highest BCUT2D eigenvalue weighted by molar-refractivity contribution is 5.75. The summed E-state index contributed by atoms with van der Waals surface area (Å²) in [6, 6.07) is 6.36. The summed E-state index contributed by atoms with van der Waals surface area (Å²) < 4.78 is 18.3. The van der Waals surface area contributed by atoms with Crippen molar-refractivity contribution in [3.8, 4) is 11.1 Å². The van der Waals surface area contributed by atoms with Crippen molar-refractivity contribution in [1.29, 1.82) is 0 Å². The number of anilines is 1. The van der Waals surface area contributed by atoms with E-state index in [2.05, 4.69) is 5.16 Å². The van der Waals surface area contributed by atoms with Gasteiger partial charge in [0.15, 0.2) is 0 Å². The Kier molecular flexibility index (Phi) is 3.72. The zero-order chi connectivity index (χ0) is 13.9. The van der Waals surface area contributed by atoms with Gasteiger partial charge in [-0.2, -0.15) is 0 Å². The third-order valence-corrected chi connectivity index (χ3v) is 4.12. The predicted octanol–water partition coefficient (Wildman–Crippen LogP) is 4.50. The molecule has 2 N–H and O–H groups in total. The van der Waals surface area contributed by atoms with E-state index in [0.717, 1.165) is 29.7 Å². The van der Waals surface area contributed by atoms with Crippen LogP contribution in [-0.2, 0) is 0 Å². The molecule has 4 heteroatoms. The van der Waals surface area contributed by atoms with Gasteiger partial charge >= 0.3 is 0 Å². The first-order valence-corrected chi connectivity index (χ1v) is 7.26. The first-order chi connectivity index (χ1) is 9.75. The second-order valence-electron chi connectivity index (χ2n) is 5.50. The Morgan fingerprint density at radius 2 is 1.70 bits per heavy atom. The highest BCUT2D eigenvalue weighted by Gasteiger charge is 2.24. The lowest BCUT2D eigenvalue weighted by atomic mass is 9.91. The van der Waals surface area contributed by atoms with Crippen molar-refractivity contribution in [2.24, 2.45) is 0 Å². The van der Waals surface area contributed by atoms with Gasteiger partial charge in [0.2, 0.25) is 5.88 Å². The average molecular weight is 274 g/mol. The molecule has 106 valence electrons. The van der Waals surface area contributed by atoms with Gasteiger partial charge in [0.25, 0.3) is 0 Å². The molecule has 0 amide bonds. The minimum Gasteiger partial charge on any atom is -0.367 e. The van der Waals surface area contributed by atoms with E-state index in [1.165, 1.54) is 37.8 Å². The van der Waals surface area contributed by atoms with Crippen LogP contribution < -0.4 is 5.73 Å². The zero-order valence-electron chi connectivity index (χ0n) is 11.4. The van der Waals surface area contributed by atoms with E-state index >= 15 is 0 Å². The molecule has 0 spiro atoms. The van der Waals surface area contributed by atoms with E-state index < -0.39 is 0 Å². The average Bonchev–Trinajstić information content (AvgIpc) is 2.67. The number of hydrogen-bond acceptors (Lipinski definition) is 3. The molecule has 3 nitrogen and oxygen atoms in total. The normalized spacial score (nSPS) is 17.1. The van der Waals surface area contributed by atoms with Gasteiger partial charge in [-0.3, -0.25) is 0 Å². The largest absolute Gasteiger partial charge is 0.367 e. The minimum absolute atomic E-state index is 0.250. The smallest absolute Gasteiger partial charge is 0.230 e. The summed E-state index contributed by atoms with van der Waals surface area (Å²) >= 11 is 0. The number of nitrogen functional groups attached to an aromatic ring is 1. The molecule has 0 bridgehead atoms. The maximum atomic E-state index is 13.1. The number of halogens is 1. The molecule has 1 heterocycles. The van der Waals surface area contributed by atoms with E-state index in [9.17, 15) is 4.39 Å². The van der Waals surface area contributed by atoms with E-state index in [0.29, 0.717) is 11.8 Å². The maximum absolute atomic E-state index is 13.1. The lowest BCUT2D eigenvalue weighted by Gasteiger charge is -2.12. The van der Waals surface area contributed by atoms with Crippen LogP contribution in [0.25, 0.3) is 11.1 Å². The van der Waals surface area contributed by atoms with Crippen LogP contribution >= 0.6 is 0 Å². The molecule has 20 heavy (non-hydrogen) atoms. The standard InChI is InChI=1S/C16H19FN2O/c17-13-9-7-11(8-10-13)14-15(19-20-16(14)18)12-5-3-1-2-4-6-12/h7-10,12H,1-6,18H2. The van der Waals surface area contributed by atoms with Crippen molar-refractivity contribution < 1.29 is 8.91 Å². The van der Waals surface area contributed by atoms with Gasteiger partial charge in [-0.25, -0.2) is 4.39 Å². The van der Waals surface area contributed by atoms with Crippen LogP contribution in [0, 0.1) is 5.82 Å². The number of benzene rings is 1. The van der Waals surface area contributed by atoms with Crippen molar-refractivity contribution in [1.82, 2.24) is 5.16 Å². The summed E-state index contributed by atoms with van der Waals surface area (Å²) in [6.07, 6.45) is 7.27. The monoisotopic (exact) mass is 274 g/mol. The molecular formula is C16H19FN2O. The Morgan fingerprint density at radius 3 is 2.35 bits per heavy atom. The molecule has 1 aliphatic carbocycles. The fraction of sp³-hybridized carbons (Fsp3) is 0.438. The van der Waals surface area contributed by atoms with Crippen molar-refractivity contribution in [3.05, 3.63) is 35.8 Å². The molecule has 1 aliphatic rings. The SMILES string of the molecule is Nc1onc(C2CCCCCC2)c1-c1ccc(F)cc1. The molecule has 0 atom stereocenters. The number of rotatable bonds is 2. The predicted molar refractivity (Wildman–Crippen MR) is 76.8 cm³/mol. The van der Waals surface area contributed by atoms with Crippen LogP contribution in [0.3, 0.4) is 0 Å². The lowest BCUT2D eigenvalue weighted by Crippen LogP contribution is -2.00. The van der Waals surface area contributed by atoms with Gasteiger partial charge in [0.1, 0.15) is 5.82 Å². The summed E-state index contributed by atoms with van der Waals surface area (Å²) in [5.74, 6) is 0.481. The van der Waals surface area contributed by atoms with Gasteiger partial charge in [-0.05, 0) is 30.5 Å². The highest BCUT2D eigenvalue weighted by atomic mass is 19.1. The van der Waals surface area contributed by atoms with Gasteiger partial charge in [0.05, 0.1) is 11.3 Å². The van der Waals surface area contributed by atoms with Crippen LogP contribution in [0.1, 0.15) is 50.1 Å². The minimum atomic E-state index is -0.250. The first-order valence-electron chi connectivity index (χ1n) is 7.26. The van der Waals surface area contributed by atoms with Crippen LogP contribution in [0.15, 0.2) is 28.8 Å². The molecule has 0 saturated heterocycles. The summed E-state index contributed by atoms with van der Waals surface area (Å²) in [7, 11) is 0. The quantitative estimate of drug-likeness (QED) is 0.820. The molecule has 1 fully saturated rings. The molecule has 3 rings (SSSR count). The molecular weight excluding hydrogens is 255 g/mol. The Balaban J connectivity index is 1.98. The van der Waals surface area contributed by atoms with Gasteiger partial charge in [-0.15, -0.1) is 0 Å². The Labute approximate surface area is 118 Å². The molecule has 0 aliphatic heterocycles. The van der Waals surface area contributed by atoms with Crippen molar-refractivity contribution in [2.45, 2.75) is 44.4 Å². The number of nitrogens with two attached hydrogens (primary N) is 1. The first kappa shape index (κ1) is 13.2. The van der Waals surface area contributed by atoms with Crippen molar-refractivity contribution >= 4 is 5.88 Å². The number of nitrogens with zero attached hydrogens (tertiary/aromatic N) is 1. The zero-order valence-corrected chi connectivity index (χ0v) is 11.4.